The topological polar surface area (TPSA) is 115 Å². The van der Waals surface area contributed by atoms with Gasteiger partial charge in [0.1, 0.15) is 6.10 Å². The fraction of sp³-hybridized carbons (Fsp3) is 0.852. The molecule has 3 fully saturated rings. The summed E-state index contributed by atoms with van der Waals surface area (Å²) in [5, 5.41) is 43.3. The molecular formula is C27H42O6. The average Bonchev–Trinajstić information content (AvgIpc) is 2.99. The Labute approximate surface area is 197 Å². The molecule has 6 nitrogen and oxygen atoms in total. The molecule has 0 amide bonds. The number of carbonyl (C=O) groups excluding carboxylic acids is 2. The first kappa shape index (κ1) is 25.0. The van der Waals surface area contributed by atoms with Crippen molar-refractivity contribution in [2.24, 2.45) is 34.5 Å². The number of aliphatic hydroxyl groups is 4. The summed E-state index contributed by atoms with van der Waals surface area (Å²) < 4.78 is 0. The number of fused-ring (bicyclic) bond motifs is 5. The Morgan fingerprint density at radius 2 is 1.82 bits per heavy atom. The number of rotatable bonds is 5. The summed E-state index contributed by atoms with van der Waals surface area (Å²) in [5.41, 5.74) is -2.21. The van der Waals surface area contributed by atoms with Crippen LogP contribution in [0.25, 0.3) is 0 Å². The minimum atomic E-state index is -1.13. The lowest BCUT2D eigenvalue weighted by atomic mass is 9.46. The quantitative estimate of drug-likeness (QED) is 0.499. The van der Waals surface area contributed by atoms with Gasteiger partial charge in [0.25, 0.3) is 0 Å². The lowest BCUT2D eigenvalue weighted by Gasteiger charge is -2.59. The van der Waals surface area contributed by atoms with Crippen LogP contribution in [0.2, 0.25) is 0 Å². The summed E-state index contributed by atoms with van der Waals surface area (Å²) in [6, 6.07) is 0. The van der Waals surface area contributed by atoms with E-state index in [0.717, 1.165) is 24.8 Å². The summed E-state index contributed by atoms with van der Waals surface area (Å²) in [5.74, 6) is -0.657. The van der Waals surface area contributed by atoms with E-state index in [0.29, 0.717) is 19.3 Å². The van der Waals surface area contributed by atoms with Gasteiger partial charge in [-0.25, -0.2) is 0 Å². The molecule has 0 bridgehead atoms. The molecule has 0 unspecified atom stereocenters. The first-order chi connectivity index (χ1) is 15.1. The van der Waals surface area contributed by atoms with E-state index >= 15 is 0 Å². The number of allylic oxidation sites excluding steroid dienone is 1. The van der Waals surface area contributed by atoms with Crippen molar-refractivity contribution in [1.82, 2.24) is 0 Å². The molecule has 4 rings (SSSR count). The number of Topliss-reactive ketones (excluding diaryl/α,β-unsaturated/α-hetero) is 1. The van der Waals surface area contributed by atoms with Crippen LogP contribution < -0.4 is 0 Å². The van der Waals surface area contributed by atoms with Crippen molar-refractivity contribution in [2.45, 2.75) is 109 Å². The summed E-state index contributed by atoms with van der Waals surface area (Å²) in [6.45, 7) is 9.64. The Hall–Kier alpha value is -1.08. The van der Waals surface area contributed by atoms with Gasteiger partial charge in [0.2, 0.25) is 0 Å². The van der Waals surface area contributed by atoms with Gasteiger partial charge in [-0.2, -0.15) is 0 Å². The van der Waals surface area contributed by atoms with Gasteiger partial charge < -0.3 is 20.4 Å². The maximum absolute atomic E-state index is 13.2. The summed E-state index contributed by atoms with van der Waals surface area (Å²) in [4.78, 5) is 25.7. The standard InChI is InChI=1S/C27H42O6/c1-15(20(28)8-9-24(2,3)32)16-7-11-27(33)18-12-21(29)19-13-22(30)23(31)14-25(19,4)17(18)6-10-26(16,27)5/h12,15-17,19-20,22,28,30,32-33H,6-11,13-14H2,1-5H3/t15-,16+,17-,19-,20+,22+,25+,26+,27+/m0/s1. The summed E-state index contributed by atoms with van der Waals surface area (Å²) >= 11 is 0. The molecular weight excluding hydrogens is 420 g/mol. The van der Waals surface area contributed by atoms with Crippen molar-refractivity contribution in [3.8, 4) is 0 Å². The van der Waals surface area contributed by atoms with Crippen molar-refractivity contribution in [3.05, 3.63) is 11.6 Å². The zero-order valence-corrected chi connectivity index (χ0v) is 20.8. The molecule has 186 valence electrons. The molecule has 0 aromatic heterocycles. The van der Waals surface area contributed by atoms with Gasteiger partial charge in [-0.1, -0.05) is 20.8 Å². The zero-order valence-electron chi connectivity index (χ0n) is 20.8. The second kappa shape index (κ2) is 7.97. The third-order valence-corrected chi connectivity index (χ3v) is 10.3. The van der Waals surface area contributed by atoms with E-state index in [-0.39, 0.29) is 48.1 Å². The largest absolute Gasteiger partial charge is 0.393 e. The molecule has 6 heteroatoms. The van der Waals surface area contributed by atoms with E-state index in [4.69, 9.17) is 0 Å². The summed E-state index contributed by atoms with van der Waals surface area (Å²) in [7, 11) is 0. The molecule has 0 aromatic carbocycles. The normalized spacial score (nSPS) is 45.1. The predicted molar refractivity (Wildman–Crippen MR) is 124 cm³/mol. The lowest BCUT2D eigenvalue weighted by Crippen LogP contribution is -2.60. The van der Waals surface area contributed by atoms with Gasteiger partial charge in [-0.3, -0.25) is 9.59 Å². The molecule has 4 aliphatic rings. The minimum Gasteiger partial charge on any atom is -0.393 e. The Morgan fingerprint density at radius 1 is 1.15 bits per heavy atom. The van der Waals surface area contributed by atoms with E-state index in [1.165, 1.54) is 0 Å². The molecule has 9 atom stereocenters. The third kappa shape index (κ3) is 3.76. The smallest absolute Gasteiger partial charge is 0.161 e. The predicted octanol–water partition coefficient (Wildman–Crippen LogP) is 2.95. The maximum Gasteiger partial charge on any atom is 0.161 e. The first-order valence-corrected chi connectivity index (χ1v) is 12.7. The van der Waals surface area contributed by atoms with E-state index < -0.39 is 34.2 Å². The van der Waals surface area contributed by atoms with Crippen molar-refractivity contribution in [3.63, 3.8) is 0 Å². The molecule has 4 aliphatic carbocycles. The molecule has 0 saturated heterocycles. The van der Waals surface area contributed by atoms with Crippen LogP contribution in [0.3, 0.4) is 0 Å². The van der Waals surface area contributed by atoms with Crippen LogP contribution in [0, 0.1) is 34.5 Å². The van der Waals surface area contributed by atoms with E-state index in [1.807, 2.05) is 13.8 Å². The Kier molecular flexibility index (Phi) is 6.05. The van der Waals surface area contributed by atoms with Crippen LogP contribution >= 0.6 is 0 Å². The van der Waals surface area contributed by atoms with E-state index in [2.05, 4.69) is 6.92 Å². The first-order valence-electron chi connectivity index (χ1n) is 12.7. The number of hydrogen-bond donors (Lipinski definition) is 4. The third-order valence-electron chi connectivity index (χ3n) is 10.3. The van der Waals surface area contributed by atoms with Crippen LogP contribution in [0.1, 0.15) is 86.0 Å². The number of hydrogen-bond acceptors (Lipinski definition) is 6. The molecule has 0 heterocycles. The molecule has 33 heavy (non-hydrogen) atoms. The van der Waals surface area contributed by atoms with Gasteiger partial charge in [-0.15, -0.1) is 0 Å². The van der Waals surface area contributed by atoms with Gasteiger partial charge in [0.05, 0.1) is 17.3 Å². The van der Waals surface area contributed by atoms with Crippen LogP contribution in [0.5, 0.6) is 0 Å². The van der Waals surface area contributed by atoms with Crippen molar-refractivity contribution in [1.29, 1.82) is 0 Å². The highest BCUT2D eigenvalue weighted by Crippen LogP contribution is 2.68. The number of aliphatic hydroxyl groups excluding tert-OH is 2. The second-order valence-corrected chi connectivity index (χ2v) is 12.7. The lowest BCUT2D eigenvalue weighted by molar-refractivity contribution is -0.153. The van der Waals surface area contributed by atoms with Crippen molar-refractivity contribution >= 4 is 11.6 Å². The Morgan fingerprint density at radius 3 is 2.45 bits per heavy atom. The molecule has 0 aliphatic heterocycles. The Balaban J connectivity index is 1.63. The summed E-state index contributed by atoms with van der Waals surface area (Å²) in [6.07, 6.45) is 4.25. The monoisotopic (exact) mass is 462 g/mol. The Bertz CT molecular complexity index is 857. The number of carbonyl (C=O) groups is 2. The zero-order chi connectivity index (χ0) is 24.6. The molecule has 0 spiro atoms. The van der Waals surface area contributed by atoms with E-state index in [9.17, 15) is 30.0 Å². The molecule has 0 radical (unpaired) electrons. The van der Waals surface area contributed by atoms with Crippen molar-refractivity contribution < 1.29 is 30.0 Å². The van der Waals surface area contributed by atoms with E-state index in [1.54, 1.807) is 19.9 Å². The van der Waals surface area contributed by atoms with Crippen LogP contribution in [0.4, 0.5) is 0 Å². The minimum absolute atomic E-state index is 0.0439. The average molecular weight is 463 g/mol. The van der Waals surface area contributed by atoms with Gasteiger partial charge in [0, 0.05) is 17.8 Å². The van der Waals surface area contributed by atoms with Gasteiger partial charge in [0.15, 0.2) is 11.6 Å². The maximum atomic E-state index is 13.2. The van der Waals surface area contributed by atoms with Gasteiger partial charge >= 0.3 is 0 Å². The molecule has 4 N–H and O–H groups in total. The van der Waals surface area contributed by atoms with Crippen LogP contribution in [-0.4, -0.2) is 55.4 Å². The molecule has 3 saturated carbocycles. The SMILES string of the molecule is C[C@H]([C@H](O)CCC(C)(C)O)[C@H]1CC[C@@]2(O)C3=CC(=O)[C@@H]4C[C@@H](O)C(=O)C[C@]4(C)[C@H]3CC[C@]12C. The second-order valence-electron chi connectivity index (χ2n) is 12.7. The van der Waals surface area contributed by atoms with Gasteiger partial charge in [-0.05, 0) is 93.6 Å². The number of ketones is 2. The highest BCUT2D eigenvalue weighted by Gasteiger charge is 2.67. The highest BCUT2D eigenvalue weighted by molar-refractivity contribution is 5.97. The molecule has 0 aromatic rings. The van der Waals surface area contributed by atoms with Crippen LogP contribution in [0.15, 0.2) is 11.6 Å². The fourth-order valence-corrected chi connectivity index (χ4v) is 8.11. The fourth-order valence-electron chi connectivity index (χ4n) is 8.11. The van der Waals surface area contributed by atoms with Crippen LogP contribution in [-0.2, 0) is 9.59 Å². The van der Waals surface area contributed by atoms with Crippen molar-refractivity contribution in [2.75, 3.05) is 0 Å². The highest BCUT2D eigenvalue weighted by atomic mass is 16.3.